The molecule has 0 spiro atoms. The number of imidazole rings is 1. The zero-order valence-corrected chi connectivity index (χ0v) is 7.98. The van der Waals surface area contributed by atoms with Crippen molar-refractivity contribution in [1.82, 2.24) is 14.5 Å². The first-order valence-electron chi connectivity index (χ1n) is 4.70. The molecule has 1 fully saturated rings. The SMILES string of the molecule is Cn1ccnc1CN1CCC(N)C1. The fraction of sp³-hybridized carbons (Fsp3) is 0.667. The molecule has 2 N–H and O–H groups in total. The van der Waals surface area contributed by atoms with Crippen LogP contribution in [0.2, 0.25) is 0 Å². The average Bonchev–Trinajstić information content (AvgIpc) is 2.64. The molecule has 0 saturated carbocycles. The van der Waals surface area contributed by atoms with Crippen LogP contribution in [0.15, 0.2) is 12.4 Å². The Morgan fingerprint density at radius 2 is 2.54 bits per heavy atom. The van der Waals surface area contributed by atoms with Crippen LogP contribution in [0.1, 0.15) is 12.2 Å². The van der Waals surface area contributed by atoms with Crippen LogP contribution < -0.4 is 5.73 Å². The average molecular weight is 180 g/mol. The Bertz CT molecular complexity index is 281. The molecule has 1 atom stereocenters. The number of nitrogens with zero attached hydrogens (tertiary/aromatic N) is 3. The second kappa shape index (κ2) is 3.47. The van der Waals surface area contributed by atoms with Crippen molar-refractivity contribution in [3.8, 4) is 0 Å². The summed E-state index contributed by atoms with van der Waals surface area (Å²) in [7, 11) is 2.03. The van der Waals surface area contributed by atoms with Crippen molar-refractivity contribution in [1.29, 1.82) is 0 Å². The van der Waals surface area contributed by atoms with Crippen LogP contribution in [-0.2, 0) is 13.6 Å². The molecule has 1 aromatic heterocycles. The maximum Gasteiger partial charge on any atom is 0.122 e. The Morgan fingerprint density at radius 3 is 3.08 bits per heavy atom. The van der Waals surface area contributed by atoms with Crippen molar-refractivity contribution in [2.24, 2.45) is 12.8 Å². The maximum atomic E-state index is 5.82. The van der Waals surface area contributed by atoms with Gasteiger partial charge in [0.05, 0.1) is 6.54 Å². The highest BCUT2D eigenvalue weighted by atomic mass is 15.2. The van der Waals surface area contributed by atoms with Crippen LogP contribution in [0.3, 0.4) is 0 Å². The molecule has 0 bridgehead atoms. The second-order valence-corrected chi connectivity index (χ2v) is 3.74. The van der Waals surface area contributed by atoms with Gasteiger partial charge in [-0.3, -0.25) is 4.90 Å². The lowest BCUT2D eigenvalue weighted by Gasteiger charge is -2.14. The van der Waals surface area contributed by atoms with E-state index in [2.05, 4.69) is 14.5 Å². The Hall–Kier alpha value is -0.870. The van der Waals surface area contributed by atoms with E-state index in [1.54, 1.807) is 0 Å². The molecule has 0 amide bonds. The van der Waals surface area contributed by atoms with Gasteiger partial charge in [0, 0.05) is 38.6 Å². The van der Waals surface area contributed by atoms with Gasteiger partial charge in [-0.25, -0.2) is 4.98 Å². The van der Waals surface area contributed by atoms with Crippen LogP contribution >= 0.6 is 0 Å². The molecule has 0 aliphatic carbocycles. The summed E-state index contributed by atoms with van der Waals surface area (Å²) >= 11 is 0. The predicted molar refractivity (Wildman–Crippen MR) is 51.1 cm³/mol. The minimum Gasteiger partial charge on any atom is -0.337 e. The second-order valence-electron chi connectivity index (χ2n) is 3.74. The molecule has 1 aliphatic rings. The molecule has 2 rings (SSSR count). The smallest absolute Gasteiger partial charge is 0.122 e. The Morgan fingerprint density at radius 1 is 1.69 bits per heavy atom. The van der Waals surface area contributed by atoms with E-state index in [9.17, 15) is 0 Å². The molecule has 0 radical (unpaired) electrons. The molecule has 1 unspecified atom stereocenters. The monoisotopic (exact) mass is 180 g/mol. The lowest BCUT2D eigenvalue weighted by Crippen LogP contribution is -2.27. The molecule has 0 aromatic carbocycles. The summed E-state index contributed by atoms with van der Waals surface area (Å²) in [6.07, 6.45) is 4.93. The van der Waals surface area contributed by atoms with Crippen molar-refractivity contribution >= 4 is 0 Å². The summed E-state index contributed by atoms with van der Waals surface area (Å²) in [5, 5.41) is 0. The first-order valence-corrected chi connectivity index (χ1v) is 4.70. The van der Waals surface area contributed by atoms with Gasteiger partial charge >= 0.3 is 0 Å². The van der Waals surface area contributed by atoms with Gasteiger partial charge in [-0.05, 0) is 6.42 Å². The molecule has 2 heterocycles. The summed E-state index contributed by atoms with van der Waals surface area (Å²) in [4.78, 5) is 6.64. The summed E-state index contributed by atoms with van der Waals surface area (Å²) in [5.41, 5.74) is 5.82. The lowest BCUT2D eigenvalue weighted by molar-refractivity contribution is 0.314. The standard InChI is InChI=1S/C9H16N4/c1-12-5-3-11-9(12)7-13-4-2-8(10)6-13/h3,5,8H,2,4,6-7,10H2,1H3. The summed E-state index contributed by atoms with van der Waals surface area (Å²) in [6, 6.07) is 0.361. The van der Waals surface area contributed by atoms with E-state index in [-0.39, 0.29) is 0 Å². The number of nitrogens with two attached hydrogens (primary N) is 1. The minimum absolute atomic E-state index is 0.361. The molecular formula is C9H16N4. The predicted octanol–water partition coefficient (Wildman–Crippen LogP) is -0.0469. The number of rotatable bonds is 2. The molecule has 13 heavy (non-hydrogen) atoms. The van der Waals surface area contributed by atoms with E-state index < -0.39 is 0 Å². The third-order valence-corrected chi connectivity index (χ3v) is 2.59. The van der Waals surface area contributed by atoms with E-state index >= 15 is 0 Å². The minimum atomic E-state index is 0.361. The zero-order chi connectivity index (χ0) is 9.26. The molecule has 4 heteroatoms. The third-order valence-electron chi connectivity index (χ3n) is 2.59. The van der Waals surface area contributed by atoms with Crippen molar-refractivity contribution < 1.29 is 0 Å². The van der Waals surface area contributed by atoms with Crippen LogP contribution in [0.4, 0.5) is 0 Å². The molecular weight excluding hydrogens is 164 g/mol. The Kier molecular flexibility index (Phi) is 2.33. The van der Waals surface area contributed by atoms with Gasteiger partial charge < -0.3 is 10.3 Å². The molecule has 1 saturated heterocycles. The van der Waals surface area contributed by atoms with E-state index in [0.717, 1.165) is 31.9 Å². The van der Waals surface area contributed by atoms with Crippen molar-refractivity contribution in [2.45, 2.75) is 19.0 Å². The molecule has 72 valence electrons. The fourth-order valence-electron chi connectivity index (χ4n) is 1.76. The van der Waals surface area contributed by atoms with E-state index in [1.807, 2.05) is 19.4 Å². The van der Waals surface area contributed by atoms with Gasteiger partial charge in [0.15, 0.2) is 0 Å². The zero-order valence-electron chi connectivity index (χ0n) is 7.98. The quantitative estimate of drug-likeness (QED) is 0.694. The van der Waals surface area contributed by atoms with Crippen LogP contribution in [-0.4, -0.2) is 33.6 Å². The van der Waals surface area contributed by atoms with Gasteiger partial charge in [0.2, 0.25) is 0 Å². The number of hydrogen-bond acceptors (Lipinski definition) is 3. The number of aromatic nitrogens is 2. The van der Waals surface area contributed by atoms with Crippen molar-refractivity contribution in [2.75, 3.05) is 13.1 Å². The van der Waals surface area contributed by atoms with Crippen molar-refractivity contribution in [3.05, 3.63) is 18.2 Å². The highest BCUT2D eigenvalue weighted by molar-refractivity contribution is 4.92. The third kappa shape index (κ3) is 1.89. The molecule has 1 aliphatic heterocycles. The van der Waals surface area contributed by atoms with Crippen molar-refractivity contribution in [3.63, 3.8) is 0 Å². The van der Waals surface area contributed by atoms with Gasteiger partial charge in [0.25, 0.3) is 0 Å². The number of aryl methyl sites for hydroxylation is 1. The summed E-state index contributed by atoms with van der Waals surface area (Å²) in [6.45, 7) is 3.04. The first kappa shape index (κ1) is 8.72. The molecule has 1 aromatic rings. The van der Waals surface area contributed by atoms with Gasteiger partial charge in [-0.2, -0.15) is 0 Å². The highest BCUT2D eigenvalue weighted by Crippen LogP contribution is 2.10. The van der Waals surface area contributed by atoms with Crippen LogP contribution in [0, 0.1) is 0 Å². The van der Waals surface area contributed by atoms with Crippen LogP contribution in [0.5, 0.6) is 0 Å². The van der Waals surface area contributed by atoms with Gasteiger partial charge in [-0.1, -0.05) is 0 Å². The fourth-order valence-corrected chi connectivity index (χ4v) is 1.76. The van der Waals surface area contributed by atoms with E-state index in [4.69, 9.17) is 5.73 Å². The number of likely N-dealkylation sites (tertiary alicyclic amines) is 1. The van der Waals surface area contributed by atoms with E-state index in [1.165, 1.54) is 0 Å². The largest absolute Gasteiger partial charge is 0.337 e. The maximum absolute atomic E-state index is 5.82. The van der Waals surface area contributed by atoms with Gasteiger partial charge in [-0.15, -0.1) is 0 Å². The summed E-state index contributed by atoms with van der Waals surface area (Å²) < 4.78 is 2.06. The summed E-state index contributed by atoms with van der Waals surface area (Å²) in [5.74, 6) is 1.12. The van der Waals surface area contributed by atoms with E-state index in [0.29, 0.717) is 6.04 Å². The normalized spacial score (nSPS) is 24.0. The highest BCUT2D eigenvalue weighted by Gasteiger charge is 2.19. The Balaban J connectivity index is 1.95. The van der Waals surface area contributed by atoms with Gasteiger partial charge in [0.1, 0.15) is 5.82 Å². The topological polar surface area (TPSA) is 47.1 Å². The first-order chi connectivity index (χ1) is 6.25. The molecule has 4 nitrogen and oxygen atoms in total. The Labute approximate surface area is 78.4 Å². The lowest BCUT2D eigenvalue weighted by atomic mass is 10.3. The van der Waals surface area contributed by atoms with Crippen LogP contribution in [0.25, 0.3) is 0 Å². The number of hydrogen-bond donors (Lipinski definition) is 1.